The highest BCUT2D eigenvalue weighted by Gasteiger charge is 2.08. The zero-order chi connectivity index (χ0) is 18.4. The van der Waals surface area contributed by atoms with E-state index in [1.165, 1.54) is 5.56 Å². The van der Waals surface area contributed by atoms with Crippen LogP contribution in [0, 0.1) is 6.92 Å². The Balaban J connectivity index is 1.73. The Morgan fingerprint density at radius 3 is 2.58 bits per heavy atom. The first kappa shape index (κ1) is 17.8. The third-order valence-corrected chi connectivity index (χ3v) is 4.28. The SMILES string of the molecule is CCc1ccc(N)c(NCc2nc(C)ccc2OCc2ccccc2)c1. The van der Waals surface area contributed by atoms with E-state index in [0.29, 0.717) is 13.2 Å². The zero-order valence-electron chi connectivity index (χ0n) is 15.3. The number of nitrogens with zero attached hydrogens (tertiary/aromatic N) is 1. The van der Waals surface area contributed by atoms with E-state index in [0.717, 1.165) is 40.5 Å². The van der Waals surface area contributed by atoms with Gasteiger partial charge in [-0.3, -0.25) is 4.98 Å². The Morgan fingerprint density at radius 1 is 1.00 bits per heavy atom. The largest absolute Gasteiger partial charge is 0.487 e. The Labute approximate surface area is 155 Å². The summed E-state index contributed by atoms with van der Waals surface area (Å²) in [5, 5.41) is 3.40. The lowest BCUT2D eigenvalue weighted by Crippen LogP contribution is -2.08. The highest BCUT2D eigenvalue weighted by molar-refractivity contribution is 5.67. The van der Waals surface area contributed by atoms with Crippen molar-refractivity contribution in [1.29, 1.82) is 0 Å². The fraction of sp³-hybridized carbons (Fsp3) is 0.227. The molecule has 0 aliphatic heterocycles. The molecule has 3 N–H and O–H groups in total. The van der Waals surface area contributed by atoms with Crippen LogP contribution < -0.4 is 15.8 Å². The number of nitrogens with two attached hydrogens (primary N) is 1. The Morgan fingerprint density at radius 2 is 1.81 bits per heavy atom. The smallest absolute Gasteiger partial charge is 0.143 e. The summed E-state index contributed by atoms with van der Waals surface area (Å²) in [4.78, 5) is 4.64. The van der Waals surface area contributed by atoms with Gasteiger partial charge in [-0.1, -0.05) is 43.3 Å². The van der Waals surface area contributed by atoms with Crippen LogP contribution in [0.25, 0.3) is 0 Å². The number of rotatable bonds is 7. The molecule has 1 aromatic heterocycles. The van der Waals surface area contributed by atoms with Crippen LogP contribution in [0.4, 0.5) is 11.4 Å². The van der Waals surface area contributed by atoms with Crippen LogP contribution in [0.2, 0.25) is 0 Å². The Hall–Kier alpha value is -3.01. The minimum Gasteiger partial charge on any atom is -0.487 e. The first-order chi connectivity index (χ1) is 12.7. The second-order valence-electron chi connectivity index (χ2n) is 6.30. The molecule has 0 aliphatic carbocycles. The molecule has 4 nitrogen and oxygen atoms in total. The first-order valence-electron chi connectivity index (χ1n) is 8.91. The molecule has 3 rings (SSSR count). The van der Waals surface area contributed by atoms with Gasteiger partial charge in [0.05, 0.1) is 17.9 Å². The summed E-state index contributed by atoms with van der Waals surface area (Å²) in [6.45, 7) is 5.19. The molecule has 26 heavy (non-hydrogen) atoms. The van der Waals surface area contributed by atoms with Gasteiger partial charge in [-0.2, -0.15) is 0 Å². The van der Waals surface area contributed by atoms with Gasteiger partial charge in [0.1, 0.15) is 18.1 Å². The lowest BCUT2D eigenvalue weighted by molar-refractivity contribution is 0.301. The third kappa shape index (κ3) is 4.54. The summed E-state index contributed by atoms with van der Waals surface area (Å²) in [6, 6.07) is 20.2. The summed E-state index contributed by atoms with van der Waals surface area (Å²) in [6.07, 6.45) is 0.975. The van der Waals surface area contributed by atoms with Crippen molar-refractivity contribution in [3.8, 4) is 5.75 Å². The Bertz CT molecular complexity index is 863. The van der Waals surface area contributed by atoms with E-state index >= 15 is 0 Å². The number of hydrogen-bond donors (Lipinski definition) is 2. The van der Waals surface area contributed by atoms with Gasteiger partial charge in [0.25, 0.3) is 0 Å². The minimum absolute atomic E-state index is 0.520. The number of ether oxygens (including phenoxy) is 1. The number of aryl methyl sites for hydroxylation is 2. The molecule has 4 heteroatoms. The van der Waals surface area contributed by atoms with Gasteiger partial charge in [-0.05, 0) is 48.7 Å². The average molecular weight is 347 g/mol. The van der Waals surface area contributed by atoms with E-state index < -0.39 is 0 Å². The van der Waals surface area contributed by atoms with Crippen molar-refractivity contribution in [1.82, 2.24) is 4.98 Å². The van der Waals surface area contributed by atoms with Gasteiger partial charge in [0.15, 0.2) is 0 Å². The Kier molecular flexibility index (Phi) is 5.74. The molecule has 134 valence electrons. The van der Waals surface area contributed by atoms with E-state index in [4.69, 9.17) is 10.5 Å². The fourth-order valence-electron chi connectivity index (χ4n) is 2.75. The van der Waals surface area contributed by atoms with E-state index in [1.807, 2.05) is 43.3 Å². The zero-order valence-corrected chi connectivity index (χ0v) is 15.3. The van der Waals surface area contributed by atoms with Crippen LogP contribution >= 0.6 is 0 Å². The molecule has 3 aromatic rings. The molecule has 0 saturated carbocycles. The number of anilines is 2. The van der Waals surface area contributed by atoms with Crippen molar-refractivity contribution >= 4 is 11.4 Å². The van der Waals surface area contributed by atoms with Gasteiger partial charge in [0, 0.05) is 5.69 Å². The number of nitrogen functional groups attached to an aromatic ring is 1. The second kappa shape index (κ2) is 8.39. The topological polar surface area (TPSA) is 60.2 Å². The lowest BCUT2D eigenvalue weighted by atomic mass is 10.1. The summed E-state index contributed by atoms with van der Waals surface area (Å²) in [5.74, 6) is 0.789. The summed E-state index contributed by atoms with van der Waals surface area (Å²) < 4.78 is 6.01. The molecule has 0 bridgehead atoms. The van der Waals surface area contributed by atoms with Gasteiger partial charge >= 0.3 is 0 Å². The molecule has 0 atom stereocenters. The van der Waals surface area contributed by atoms with Crippen LogP contribution in [-0.2, 0) is 19.6 Å². The van der Waals surface area contributed by atoms with Crippen molar-refractivity contribution in [2.75, 3.05) is 11.1 Å². The fourth-order valence-corrected chi connectivity index (χ4v) is 2.75. The number of pyridine rings is 1. The standard InChI is InChI=1S/C22H25N3O/c1-3-17-10-11-19(23)20(13-17)24-14-21-22(12-9-16(2)25-21)26-15-18-7-5-4-6-8-18/h4-13,24H,3,14-15,23H2,1-2H3. The molecule has 0 spiro atoms. The molecular formula is C22H25N3O. The van der Waals surface area contributed by atoms with Crippen molar-refractivity contribution < 1.29 is 4.74 Å². The van der Waals surface area contributed by atoms with Crippen molar-refractivity contribution in [3.63, 3.8) is 0 Å². The third-order valence-electron chi connectivity index (χ3n) is 4.28. The quantitative estimate of drug-likeness (QED) is 0.607. The molecule has 0 unspecified atom stereocenters. The molecule has 2 aromatic carbocycles. The highest BCUT2D eigenvalue weighted by atomic mass is 16.5. The molecule has 0 fully saturated rings. The molecular weight excluding hydrogens is 322 g/mol. The van der Waals surface area contributed by atoms with Crippen LogP contribution in [0.1, 0.15) is 29.4 Å². The summed E-state index contributed by atoms with van der Waals surface area (Å²) in [5.41, 5.74) is 12.0. The number of aromatic nitrogens is 1. The van der Waals surface area contributed by atoms with E-state index in [1.54, 1.807) is 0 Å². The summed E-state index contributed by atoms with van der Waals surface area (Å²) in [7, 11) is 0. The van der Waals surface area contributed by atoms with Gasteiger partial charge < -0.3 is 15.8 Å². The first-order valence-corrected chi connectivity index (χ1v) is 8.91. The van der Waals surface area contributed by atoms with Crippen LogP contribution in [0.3, 0.4) is 0 Å². The minimum atomic E-state index is 0.520. The van der Waals surface area contributed by atoms with E-state index in [9.17, 15) is 0 Å². The van der Waals surface area contributed by atoms with E-state index in [2.05, 4.69) is 41.5 Å². The van der Waals surface area contributed by atoms with Crippen LogP contribution in [0.15, 0.2) is 60.7 Å². The van der Waals surface area contributed by atoms with Gasteiger partial charge in [-0.15, -0.1) is 0 Å². The van der Waals surface area contributed by atoms with Crippen molar-refractivity contribution in [2.24, 2.45) is 0 Å². The van der Waals surface area contributed by atoms with Crippen molar-refractivity contribution in [3.05, 3.63) is 83.2 Å². The maximum atomic E-state index is 6.10. The van der Waals surface area contributed by atoms with Crippen LogP contribution in [-0.4, -0.2) is 4.98 Å². The number of benzene rings is 2. The van der Waals surface area contributed by atoms with Gasteiger partial charge in [-0.25, -0.2) is 0 Å². The second-order valence-corrected chi connectivity index (χ2v) is 6.30. The highest BCUT2D eigenvalue weighted by Crippen LogP contribution is 2.24. The molecule has 1 heterocycles. The molecule has 0 radical (unpaired) electrons. The monoisotopic (exact) mass is 347 g/mol. The maximum absolute atomic E-state index is 6.10. The predicted octanol–water partition coefficient (Wildman–Crippen LogP) is 4.73. The van der Waals surface area contributed by atoms with Gasteiger partial charge in [0.2, 0.25) is 0 Å². The molecule has 0 aliphatic rings. The summed E-state index contributed by atoms with van der Waals surface area (Å²) >= 11 is 0. The maximum Gasteiger partial charge on any atom is 0.143 e. The number of hydrogen-bond acceptors (Lipinski definition) is 4. The number of nitrogens with one attached hydrogen (secondary N) is 1. The predicted molar refractivity (Wildman–Crippen MR) is 107 cm³/mol. The normalized spacial score (nSPS) is 10.5. The van der Waals surface area contributed by atoms with E-state index in [-0.39, 0.29) is 0 Å². The van der Waals surface area contributed by atoms with Crippen LogP contribution in [0.5, 0.6) is 5.75 Å². The van der Waals surface area contributed by atoms with Crippen molar-refractivity contribution in [2.45, 2.75) is 33.4 Å². The lowest BCUT2D eigenvalue weighted by Gasteiger charge is -2.14. The molecule has 0 saturated heterocycles. The average Bonchev–Trinajstić information content (AvgIpc) is 2.67. The molecule has 0 amide bonds.